The summed E-state index contributed by atoms with van der Waals surface area (Å²) >= 11 is 1.01. The summed E-state index contributed by atoms with van der Waals surface area (Å²) in [7, 11) is 0. The predicted octanol–water partition coefficient (Wildman–Crippen LogP) is 1.41. The van der Waals surface area contributed by atoms with Gasteiger partial charge in [-0.1, -0.05) is 6.08 Å². The maximum atomic E-state index is 11.3. The van der Waals surface area contributed by atoms with Gasteiger partial charge in [0.1, 0.15) is 6.10 Å². The third kappa shape index (κ3) is 1.92. The number of ether oxygens (including phenoxy) is 1. The number of nitrogens with zero attached hydrogens (tertiary/aromatic N) is 2. The molecule has 2 rings (SSSR count). The highest BCUT2D eigenvalue weighted by Gasteiger charge is 2.17. The maximum absolute atomic E-state index is 11.3. The monoisotopic (exact) mass is 196 g/mol. The van der Waals surface area contributed by atoms with Crippen LogP contribution < -0.4 is 0 Å². The quantitative estimate of drug-likeness (QED) is 0.530. The van der Waals surface area contributed by atoms with Crippen molar-refractivity contribution in [3.8, 4) is 0 Å². The van der Waals surface area contributed by atoms with Crippen molar-refractivity contribution in [1.82, 2.24) is 8.75 Å². The Morgan fingerprint density at radius 2 is 2.62 bits per heavy atom. The van der Waals surface area contributed by atoms with Crippen LogP contribution in [0.3, 0.4) is 0 Å². The van der Waals surface area contributed by atoms with Crippen molar-refractivity contribution in [3.63, 3.8) is 0 Å². The van der Waals surface area contributed by atoms with E-state index in [-0.39, 0.29) is 12.1 Å². The molecular weight excluding hydrogens is 188 g/mol. The predicted molar refractivity (Wildman–Crippen MR) is 47.5 cm³/mol. The summed E-state index contributed by atoms with van der Waals surface area (Å²) < 4.78 is 12.7. The van der Waals surface area contributed by atoms with Crippen LogP contribution in [0.25, 0.3) is 0 Å². The van der Waals surface area contributed by atoms with E-state index in [0.29, 0.717) is 5.69 Å². The Bertz CT molecular complexity index is 321. The normalized spacial score (nSPS) is 20.5. The average molecular weight is 196 g/mol. The second-order valence-electron chi connectivity index (χ2n) is 2.74. The molecule has 1 aliphatic carbocycles. The van der Waals surface area contributed by atoms with E-state index in [1.165, 1.54) is 6.20 Å². The van der Waals surface area contributed by atoms with Crippen molar-refractivity contribution in [2.45, 2.75) is 18.9 Å². The van der Waals surface area contributed by atoms with Crippen LogP contribution in [-0.4, -0.2) is 20.8 Å². The van der Waals surface area contributed by atoms with Gasteiger partial charge in [-0.3, -0.25) is 0 Å². The van der Waals surface area contributed by atoms with Crippen molar-refractivity contribution in [2.24, 2.45) is 0 Å². The van der Waals surface area contributed by atoms with Gasteiger partial charge in [0.15, 0.2) is 5.69 Å². The first-order valence-electron chi connectivity index (χ1n) is 4.01. The minimum absolute atomic E-state index is 0.0748. The Hall–Kier alpha value is -1.23. The Labute approximate surface area is 79.6 Å². The van der Waals surface area contributed by atoms with Gasteiger partial charge in [0.25, 0.3) is 0 Å². The van der Waals surface area contributed by atoms with Gasteiger partial charge in [0.2, 0.25) is 0 Å². The smallest absolute Gasteiger partial charge is 0.360 e. The lowest BCUT2D eigenvalue weighted by atomic mass is 10.3. The van der Waals surface area contributed by atoms with Crippen molar-refractivity contribution in [2.75, 3.05) is 0 Å². The fourth-order valence-electron chi connectivity index (χ4n) is 1.16. The molecule has 1 heterocycles. The highest BCUT2D eigenvalue weighted by atomic mass is 32.1. The third-order valence-corrected chi connectivity index (χ3v) is 2.28. The molecule has 1 aromatic heterocycles. The van der Waals surface area contributed by atoms with Crippen LogP contribution in [0.5, 0.6) is 0 Å². The number of hydrogen-bond acceptors (Lipinski definition) is 5. The van der Waals surface area contributed by atoms with Gasteiger partial charge >= 0.3 is 5.97 Å². The van der Waals surface area contributed by atoms with Gasteiger partial charge in [-0.15, -0.1) is 0 Å². The first kappa shape index (κ1) is 8.37. The molecule has 0 saturated heterocycles. The third-order valence-electron chi connectivity index (χ3n) is 1.80. The number of esters is 1. The van der Waals surface area contributed by atoms with E-state index >= 15 is 0 Å². The van der Waals surface area contributed by atoms with Crippen molar-refractivity contribution in [3.05, 3.63) is 24.0 Å². The average Bonchev–Trinajstić information content (AvgIpc) is 2.74. The summed E-state index contributed by atoms with van der Waals surface area (Å²) in [6.07, 6.45) is 7.12. The van der Waals surface area contributed by atoms with Crippen LogP contribution >= 0.6 is 11.7 Å². The van der Waals surface area contributed by atoms with Gasteiger partial charge in [-0.05, 0) is 18.9 Å². The lowest BCUT2D eigenvalue weighted by Gasteiger charge is -2.07. The van der Waals surface area contributed by atoms with Crippen LogP contribution in [0.15, 0.2) is 18.3 Å². The maximum Gasteiger partial charge on any atom is 0.360 e. The minimum atomic E-state index is -0.384. The van der Waals surface area contributed by atoms with Gasteiger partial charge in [-0.25, -0.2) is 4.79 Å². The molecule has 0 spiro atoms. The summed E-state index contributed by atoms with van der Waals surface area (Å²) in [5.74, 6) is -0.384. The van der Waals surface area contributed by atoms with E-state index in [2.05, 4.69) is 8.75 Å². The van der Waals surface area contributed by atoms with Gasteiger partial charge in [0, 0.05) is 0 Å². The van der Waals surface area contributed by atoms with E-state index in [9.17, 15) is 4.79 Å². The molecule has 68 valence electrons. The highest BCUT2D eigenvalue weighted by molar-refractivity contribution is 6.99. The minimum Gasteiger partial charge on any atom is -0.453 e. The van der Waals surface area contributed by atoms with Crippen molar-refractivity contribution >= 4 is 17.7 Å². The first-order valence-corrected chi connectivity index (χ1v) is 4.74. The molecule has 1 atom stereocenters. The summed E-state index contributed by atoms with van der Waals surface area (Å²) in [5, 5.41) is 0. The molecule has 0 saturated carbocycles. The van der Waals surface area contributed by atoms with Crippen molar-refractivity contribution in [1.29, 1.82) is 0 Å². The van der Waals surface area contributed by atoms with Crippen LogP contribution in [0, 0.1) is 0 Å². The molecule has 1 aromatic rings. The molecule has 4 nitrogen and oxygen atoms in total. The SMILES string of the molecule is O=C(OC1C=CCC1)c1cnsn1. The van der Waals surface area contributed by atoms with E-state index in [4.69, 9.17) is 4.74 Å². The summed E-state index contributed by atoms with van der Waals surface area (Å²) in [6, 6.07) is 0. The molecule has 0 aliphatic heterocycles. The first-order chi connectivity index (χ1) is 6.36. The molecule has 0 bridgehead atoms. The molecule has 13 heavy (non-hydrogen) atoms. The van der Waals surface area contributed by atoms with Crippen LogP contribution in [0.1, 0.15) is 23.3 Å². The van der Waals surface area contributed by atoms with Gasteiger partial charge in [0.05, 0.1) is 17.9 Å². The Kier molecular flexibility index (Phi) is 2.35. The fourth-order valence-corrected chi connectivity index (χ4v) is 1.56. The zero-order valence-electron chi connectivity index (χ0n) is 6.84. The summed E-state index contributed by atoms with van der Waals surface area (Å²) in [6.45, 7) is 0. The molecule has 1 aliphatic rings. The van der Waals surface area contributed by atoms with Gasteiger partial charge < -0.3 is 4.74 Å². The van der Waals surface area contributed by atoms with Gasteiger partial charge in [-0.2, -0.15) is 8.75 Å². The zero-order valence-corrected chi connectivity index (χ0v) is 7.66. The van der Waals surface area contributed by atoms with Crippen LogP contribution in [0.2, 0.25) is 0 Å². The van der Waals surface area contributed by atoms with E-state index < -0.39 is 0 Å². The number of carbonyl (C=O) groups is 1. The molecular formula is C8H8N2O2S. The van der Waals surface area contributed by atoms with Crippen LogP contribution in [0.4, 0.5) is 0 Å². The summed E-state index contributed by atoms with van der Waals surface area (Å²) in [5.41, 5.74) is 0.297. The molecule has 0 N–H and O–H groups in total. The second-order valence-corrected chi connectivity index (χ2v) is 3.30. The number of allylic oxidation sites excluding steroid dienone is 1. The molecule has 0 radical (unpaired) electrons. The number of rotatable bonds is 2. The number of hydrogen-bond donors (Lipinski definition) is 0. The van der Waals surface area contributed by atoms with Crippen molar-refractivity contribution < 1.29 is 9.53 Å². The second kappa shape index (κ2) is 3.66. The molecule has 0 aromatic carbocycles. The fraction of sp³-hybridized carbons (Fsp3) is 0.375. The lowest BCUT2D eigenvalue weighted by molar-refractivity contribution is 0.0389. The standard InChI is InChI=1S/C8H8N2O2S/c11-8(7-5-9-13-10-7)12-6-3-1-2-4-6/h1,3,5-6H,2,4H2. The zero-order chi connectivity index (χ0) is 9.10. The highest BCUT2D eigenvalue weighted by Crippen LogP contribution is 2.14. The summed E-state index contributed by atoms with van der Waals surface area (Å²) in [4.78, 5) is 11.3. The van der Waals surface area contributed by atoms with E-state index in [1.54, 1.807) is 0 Å². The largest absolute Gasteiger partial charge is 0.453 e. The topological polar surface area (TPSA) is 52.1 Å². The lowest BCUT2D eigenvalue weighted by Crippen LogP contribution is -2.14. The Morgan fingerprint density at radius 1 is 1.69 bits per heavy atom. The molecule has 1 unspecified atom stereocenters. The molecule has 0 fully saturated rings. The Balaban J connectivity index is 1.95. The molecule has 5 heteroatoms. The molecule has 0 amide bonds. The van der Waals surface area contributed by atoms with E-state index in [0.717, 1.165) is 24.6 Å². The number of aromatic nitrogens is 2. The van der Waals surface area contributed by atoms with E-state index in [1.807, 2.05) is 12.2 Å². The number of carbonyl (C=O) groups excluding carboxylic acids is 1. The Morgan fingerprint density at radius 3 is 3.23 bits per heavy atom. The van der Waals surface area contributed by atoms with Crippen LogP contribution in [-0.2, 0) is 4.74 Å².